The van der Waals surface area contributed by atoms with Gasteiger partial charge in [-0.1, -0.05) is 13.8 Å². The first kappa shape index (κ1) is 13.1. The van der Waals surface area contributed by atoms with Gasteiger partial charge in [-0.05, 0) is 19.3 Å². The Morgan fingerprint density at radius 2 is 2.17 bits per heavy atom. The summed E-state index contributed by atoms with van der Waals surface area (Å²) < 4.78 is 5.62. The van der Waals surface area contributed by atoms with E-state index in [0.29, 0.717) is 17.8 Å². The molecule has 2 unspecified atom stereocenters. The number of nitrogens with zero attached hydrogens (tertiary/aromatic N) is 3. The Labute approximate surface area is 108 Å². The van der Waals surface area contributed by atoms with Crippen LogP contribution in [0.5, 0.6) is 0 Å². The van der Waals surface area contributed by atoms with Crippen molar-refractivity contribution in [1.82, 2.24) is 9.97 Å². The number of aromatic nitrogens is 2. The van der Waals surface area contributed by atoms with E-state index in [1.54, 1.807) is 0 Å². The van der Waals surface area contributed by atoms with E-state index >= 15 is 0 Å². The molecule has 2 rings (SSSR count). The van der Waals surface area contributed by atoms with Crippen molar-refractivity contribution in [3.05, 3.63) is 11.9 Å². The maximum absolute atomic E-state index is 5.98. The van der Waals surface area contributed by atoms with Crippen molar-refractivity contribution in [2.24, 2.45) is 0 Å². The fourth-order valence-corrected chi connectivity index (χ4v) is 2.62. The standard InChI is InChI=1S/C13H22N4O/c1-8(2)11-12(14)15-7-16-13(11)17(4)10-5-6-18-9(10)3/h7-10H,5-6H2,1-4H3,(H2,14,15,16). The maximum Gasteiger partial charge on any atom is 0.137 e. The Morgan fingerprint density at radius 1 is 1.44 bits per heavy atom. The van der Waals surface area contributed by atoms with Crippen LogP contribution in [0.25, 0.3) is 0 Å². The molecule has 5 heteroatoms. The first-order valence-electron chi connectivity index (χ1n) is 6.47. The highest BCUT2D eigenvalue weighted by molar-refractivity contribution is 5.58. The van der Waals surface area contributed by atoms with Crippen molar-refractivity contribution >= 4 is 11.6 Å². The van der Waals surface area contributed by atoms with Gasteiger partial charge in [0.2, 0.25) is 0 Å². The number of nitrogen functional groups attached to an aromatic ring is 1. The lowest BCUT2D eigenvalue weighted by Crippen LogP contribution is -2.38. The predicted molar refractivity (Wildman–Crippen MR) is 72.8 cm³/mol. The monoisotopic (exact) mass is 250 g/mol. The van der Waals surface area contributed by atoms with Gasteiger partial charge in [0.1, 0.15) is 18.0 Å². The second-order valence-electron chi connectivity index (χ2n) is 5.19. The lowest BCUT2D eigenvalue weighted by atomic mass is 10.0. The number of nitrogens with two attached hydrogens (primary N) is 1. The molecule has 1 fully saturated rings. The second kappa shape index (κ2) is 5.10. The van der Waals surface area contributed by atoms with Gasteiger partial charge in [0.25, 0.3) is 0 Å². The minimum absolute atomic E-state index is 0.228. The second-order valence-corrected chi connectivity index (χ2v) is 5.19. The summed E-state index contributed by atoms with van der Waals surface area (Å²) in [7, 11) is 2.06. The van der Waals surface area contributed by atoms with Crippen LogP contribution in [-0.4, -0.2) is 35.8 Å². The minimum Gasteiger partial charge on any atom is -0.383 e. The molecule has 0 spiro atoms. The largest absolute Gasteiger partial charge is 0.383 e. The van der Waals surface area contributed by atoms with Crippen LogP contribution in [0.2, 0.25) is 0 Å². The fourth-order valence-electron chi connectivity index (χ4n) is 2.62. The molecule has 0 aliphatic carbocycles. The molecule has 0 bridgehead atoms. The first-order valence-corrected chi connectivity index (χ1v) is 6.47. The Kier molecular flexibility index (Phi) is 3.71. The molecule has 0 saturated carbocycles. The number of likely N-dealkylation sites (N-methyl/N-ethyl adjacent to an activating group) is 1. The normalized spacial score (nSPS) is 23.6. The summed E-state index contributed by atoms with van der Waals surface area (Å²) in [6, 6.07) is 0.358. The number of anilines is 2. The van der Waals surface area contributed by atoms with Crippen LogP contribution in [0, 0.1) is 0 Å². The highest BCUT2D eigenvalue weighted by Crippen LogP contribution is 2.31. The molecule has 1 aliphatic rings. The van der Waals surface area contributed by atoms with E-state index in [9.17, 15) is 0 Å². The van der Waals surface area contributed by atoms with E-state index in [1.165, 1.54) is 6.33 Å². The summed E-state index contributed by atoms with van der Waals surface area (Å²) in [4.78, 5) is 10.7. The predicted octanol–water partition coefficient (Wildman–Crippen LogP) is 1.80. The summed E-state index contributed by atoms with van der Waals surface area (Å²) in [6.07, 6.45) is 2.79. The highest BCUT2D eigenvalue weighted by Gasteiger charge is 2.30. The van der Waals surface area contributed by atoms with E-state index in [0.717, 1.165) is 24.4 Å². The van der Waals surface area contributed by atoms with Crippen LogP contribution >= 0.6 is 0 Å². The molecule has 2 heterocycles. The average molecular weight is 250 g/mol. The zero-order valence-electron chi connectivity index (χ0n) is 11.6. The summed E-state index contributed by atoms with van der Waals surface area (Å²) >= 11 is 0. The SMILES string of the molecule is CC(C)c1c(N)ncnc1N(C)C1CCOC1C. The molecule has 0 radical (unpaired) electrons. The summed E-state index contributed by atoms with van der Waals surface area (Å²) in [5, 5.41) is 0. The molecular formula is C13H22N4O. The number of ether oxygens (including phenoxy) is 1. The van der Waals surface area contributed by atoms with E-state index in [4.69, 9.17) is 10.5 Å². The van der Waals surface area contributed by atoms with E-state index in [2.05, 4.69) is 42.7 Å². The van der Waals surface area contributed by atoms with E-state index in [-0.39, 0.29) is 6.10 Å². The highest BCUT2D eigenvalue weighted by atomic mass is 16.5. The number of rotatable bonds is 3. The van der Waals surface area contributed by atoms with Gasteiger partial charge in [0, 0.05) is 19.2 Å². The van der Waals surface area contributed by atoms with Gasteiger partial charge in [-0.3, -0.25) is 0 Å². The lowest BCUT2D eigenvalue weighted by molar-refractivity contribution is 0.118. The Balaban J connectivity index is 2.35. The van der Waals surface area contributed by atoms with Crippen molar-refractivity contribution < 1.29 is 4.74 Å². The van der Waals surface area contributed by atoms with Gasteiger partial charge in [0.15, 0.2) is 0 Å². The molecule has 100 valence electrons. The molecule has 1 aromatic heterocycles. The fraction of sp³-hybridized carbons (Fsp3) is 0.692. The topological polar surface area (TPSA) is 64.3 Å². The van der Waals surface area contributed by atoms with E-state index in [1.807, 2.05) is 0 Å². The molecule has 1 aliphatic heterocycles. The first-order chi connectivity index (χ1) is 8.52. The van der Waals surface area contributed by atoms with Gasteiger partial charge < -0.3 is 15.4 Å². The van der Waals surface area contributed by atoms with Crippen molar-refractivity contribution in [2.75, 3.05) is 24.3 Å². The number of hydrogen-bond donors (Lipinski definition) is 1. The summed E-state index contributed by atoms with van der Waals surface area (Å²) in [5.41, 5.74) is 7.01. The third-order valence-corrected chi connectivity index (χ3v) is 3.64. The van der Waals surface area contributed by atoms with Crippen molar-refractivity contribution in [2.45, 2.75) is 45.3 Å². The molecule has 0 amide bonds. The molecule has 5 nitrogen and oxygen atoms in total. The van der Waals surface area contributed by atoms with Crippen LogP contribution in [0.3, 0.4) is 0 Å². The van der Waals surface area contributed by atoms with Crippen LogP contribution in [0.15, 0.2) is 6.33 Å². The van der Waals surface area contributed by atoms with Gasteiger partial charge >= 0.3 is 0 Å². The molecule has 1 aromatic rings. The summed E-state index contributed by atoms with van der Waals surface area (Å²) in [5.74, 6) is 1.81. The quantitative estimate of drug-likeness (QED) is 0.886. The van der Waals surface area contributed by atoms with E-state index < -0.39 is 0 Å². The molecule has 2 atom stereocenters. The Hall–Kier alpha value is -1.36. The minimum atomic E-state index is 0.228. The summed E-state index contributed by atoms with van der Waals surface area (Å²) in [6.45, 7) is 7.14. The zero-order valence-corrected chi connectivity index (χ0v) is 11.6. The Morgan fingerprint density at radius 3 is 2.72 bits per heavy atom. The van der Waals surface area contributed by atoms with Crippen molar-refractivity contribution in [1.29, 1.82) is 0 Å². The number of hydrogen-bond acceptors (Lipinski definition) is 5. The van der Waals surface area contributed by atoms with Crippen molar-refractivity contribution in [3.63, 3.8) is 0 Å². The molecule has 2 N–H and O–H groups in total. The molecular weight excluding hydrogens is 228 g/mol. The smallest absolute Gasteiger partial charge is 0.137 e. The average Bonchev–Trinajstić information content (AvgIpc) is 2.73. The van der Waals surface area contributed by atoms with Gasteiger partial charge in [-0.15, -0.1) is 0 Å². The molecule has 0 aromatic carbocycles. The zero-order chi connectivity index (χ0) is 13.3. The van der Waals surface area contributed by atoms with Gasteiger partial charge in [-0.25, -0.2) is 9.97 Å². The van der Waals surface area contributed by atoms with Crippen LogP contribution in [-0.2, 0) is 4.74 Å². The Bertz CT molecular complexity index is 421. The molecule has 1 saturated heterocycles. The lowest BCUT2D eigenvalue weighted by Gasteiger charge is -2.30. The molecule has 18 heavy (non-hydrogen) atoms. The van der Waals surface area contributed by atoms with Crippen molar-refractivity contribution in [3.8, 4) is 0 Å². The third-order valence-electron chi connectivity index (χ3n) is 3.64. The maximum atomic E-state index is 5.98. The van der Waals surface area contributed by atoms with Gasteiger partial charge in [-0.2, -0.15) is 0 Å². The van der Waals surface area contributed by atoms with Crippen LogP contribution in [0.4, 0.5) is 11.6 Å². The third kappa shape index (κ3) is 2.27. The van der Waals surface area contributed by atoms with Crippen LogP contribution < -0.4 is 10.6 Å². The van der Waals surface area contributed by atoms with Gasteiger partial charge in [0.05, 0.1) is 12.1 Å². The van der Waals surface area contributed by atoms with Crippen LogP contribution in [0.1, 0.15) is 38.7 Å².